The van der Waals surface area contributed by atoms with Crippen LogP contribution in [0.4, 0.5) is 0 Å². The zero-order valence-corrected chi connectivity index (χ0v) is 7.43. The van der Waals surface area contributed by atoms with Gasteiger partial charge in [0.25, 0.3) is 0 Å². The highest BCUT2D eigenvalue weighted by Crippen LogP contribution is 2.25. The van der Waals surface area contributed by atoms with Crippen molar-refractivity contribution in [1.82, 2.24) is 5.32 Å². The number of carboxylic acid groups (broad SMARTS) is 1. The van der Waals surface area contributed by atoms with E-state index >= 15 is 0 Å². The van der Waals surface area contributed by atoms with E-state index in [1.807, 2.05) is 5.32 Å². The lowest BCUT2D eigenvalue weighted by Crippen LogP contribution is -2.36. The highest BCUT2D eigenvalue weighted by Gasteiger charge is 2.33. The summed E-state index contributed by atoms with van der Waals surface area (Å²) in [5.41, 5.74) is 0. The molecule has 0 heterocycles. The third-order valence-electron chi connectivity index (χ3n) is 2.27. The van der Waals surface area contributed by atoms with Crippen molar-refractivity contribution in [1.29, 1.82) is 5.26 Å². The Balaban J connectivity index is 2.75. The van der Waals surface area contributed by atoms with Crippen LogP contribution < -0.4 is 5.32 Å². The number of amides is 1. The van der Waals surface area contributed by atoms with Gasteiger partial charge in [-0.2, -0.15) is 5.26 Å². The number of carboxylic acids is 1. The molecule has 14 heavy (non-hydrogen) atoms. The first-order valence-electron chi connectivity index (χ1n) is 4.23. The molecule has 0 saturated carbocycles. The van der Waals surface area contributed by atoms with Gasteiger partial charge < -0.3 is 5.11 Å². The zero-order chi connectivity index (χ0) is 10.6. The highest BCUT2D eigenvalue weighted by molar-refractivity contribution is 5.86. The van der Waals surface area contributed by atoms with Gasteiger partial charge in [0.05, 0.1) is 11.8 Å². The Labute approximate surface area is 81.0 Å². The Morgan fingerprint density at radius 1 is 1.36 bits per heavy atom. The number of carbonyl (C=O) groups is 2. The lowest BCUT2D eigenvalue weighted by molar-refractivity contribution is -0.147. The molecule has 0 aromatic carbocycles. The standard InChI is InChI=1S/C9H10N2O3/c10-5-11-8(12)6-3-1-2-4-7(6)9(13)14/h1-2,6-7H,3-4H2,(H,11,12)(H,13,14)/t6-,7+/m0/s1. The number of hydrogen-bond donors (Lipinski definition) is 2. The molecule has 0 saturated heterocycles. The second kappa shape index (κ2) is 4.42. The minimum Gasteiger partial charge on any atom is -0.481 e. The number of carbonyl (C=O) groups excluding carboxylic acids is 1. The number of nitrogens with zero attached hydrogens (tertiary/aromatic N) is 1. The van der Waals surface area contributed by atoms with Gasteiger partial charge in [0.1, 0.15) is 0 Å². The molecule has 0 aliphatic heterocycles. The molecule has 1 rings (SSSR count). The number of nitrogens with one attached hydrogen (secondary N) is 1. The molecular formula is C9H10N2O3. The van der Waals surface area contributed by atoms with Crippen LogP contribution in [0.5, 0.6) is 0 Å². The number of aliphatic carboxylic acids is 1. The van der Waals surface area contributed by atoms with Gasteiger partial charge in [-0.25, -0.2) is 0 Å². The third-order valence-corrected chi connectivity index (χ3v) is 2.27. The molecule has 1 amide bonds. The molecule has 5 heteroatoms. The number of rotatable bonds is 2. The second-order valence-electron chi connectivity index (χ2n) is 3.10. The molecule has 1 aliphatic carbocycles. The first kappa shape index (κ1) is 10.3. The summed E-state index contributed by atoms with van der Waals surface area (Å²) >= 11 is 0. The van der Waals surface area contributed by atoms with Gasteiger partial charge in [-0.1, -0.05) is 12.2 Å². The summed E-state index contributed by atoms with van der Waals surface area (Å²) in [4.78, 5) is 22.1. The zero-order valence-electron chi connectivity index (χ0n) is 7.43. The molecule has 2 atom stereocenters. The van der Waals surface area contributed by atoms with Crippen LogP contribution >= 0.6 is 0 Å². The van der Waals surface area contributed by atoms with Gasteiger partial charge in [0.2, 0.25) is 5.91 Å². The SMILES string of the molecule is N#CNC(=O)[C@H]1CC=CC[C@H]1C(=O)O. The molecule has 0 aromatic heterocycles. The van der Waals surface area contributed by atoms with Gasteiger partial charge in [0.15, 0.2) is 6.19 Å². The smallest absolute Gasteiger partial charge is 0.307 e. The molecule has 0 spiro atoms. The number of allylic oxidation sites excluding steroid dienone is 2. The molecular weight excluding hydrogens is 184 g/mol. The molecule has 0 radical (unpaired) electrons. The predicted octanol–water partition coefficient (Wildman–Crippen LogP) is 0.251. The fourth-order valence-corrected chi connectivity index (χ4v) is 1.52. The summed E-state index contributed by atoms with van der Waals surface area (Å²) in [6.45, 7) is 0. The van der Waals surface area contributed by atoms with Crippen molar-refractivity contribution in [3.05, 3.63) is 12.2 Å². The molecule has 5 nitrogen and oxygen atoms in total. The average molecular weight is 194 g/mol. The van der Waals surface area contributed by atoms with E-state index in [-0.39, 0.29) is 0 Å². The van der Waals surface area contributed by atoms with Gasteiger partial charge >= 0.3 is 5.97 Å². The molecule has 0 aromatic rings. The van der Waals surface area contributed by atoms with Gasteiger partial charge in [-0.05, 0) is 12.8 Å². The van der Waals surface area contributed by atoms with Crippen LogP contribution in [0.1, 0.15) is 12.8 Å². The first-order valence-corrected chi connectivity index (χ1v) is 4.23. The predicted molar refractivity (Wildman–Crippen MR) is 46.7 cm³/mol. The van der Waals surface area contributed by atoms with Crippen molar-refractivity contribution in [3.8, 4) is 6.19 Å². The van der Waals surface area contributed by atoms with Crippen molar-refractivity contribution in [2.24, 2.45) is 11.8 Å². The van der Waals surface area contributed by atoms with Crippen LogP contribution in [-0.4, -0.2) is 17.0 Å². The summed E-state index contributed by atoms with van der Waals surface area (Å²) in [6.07, 6.45) is 5.74. The third kappa shape index (κ3) is 2.10. The van der Waals surface area contributed by atoms with Gasteiger partial charge in [-0.3, -0.25) is 14.9 Å². The minimum absolute atomic E-state index is 0.346. The van der Waals surface area contributed by atoms with Gasteiger partial charge in [0, 0.05) is 0 Å². The average Bonchev–Trinajstić information content (AvgIpc) is 2.18. The fourth-order valence-electron chi connectivity index (χ4n) is 1.52. The van der Waals surface area contributed by atoms with E-state index in [9.17, 15) is 9.59 Å². The number of nitriles is 1. The lowest BCUT2D eigenvalue weighted by Gasteiger charge is -2.22. The maximum atomic E-state index is 11.3. The lowest BCUT2D eigenvalue weighted by atomic mass is 9.82. The van der Waals surface area contributed by atoms with Crippen LogP contribution in [0, 0.1) is 23.3 Å². The maximum Gasteiger partial charge on any atom is 0.307 e. The Morgan fingerprint density at radius 3 is 2.43 bits per heavy atom. The van der Waals surface area contributed by atoms with Crippen LogP contribution in [0.2, 0.25) is 0 Å². The van der Waals surface area contributed by atoms with E-state index in [0.29, 0.717) is 12.8 Å². The van der Waals surface area contributed by atoms with Crippen LogP contribution in [0.3, 0.4) is 0 Å². The molecule has 2 N–H and O–H groups in total. The highest BCUT2D eigenvalue weighted by atomic mass is 16.4. The summed E-state index contributed by atoms with van der Waals surface area (Å²) in [5, 5.41) is 19.0. The van der Waals surface area contributed by atoms with Crippen LogP contribution in [0.25, 0.3) is 0 Å². The van der Waals surface area contributed by atoms with Crippen LogP contribution in [0.15, 0.2) is 12.2 Å². The van der Waals surface area contributed by atoms with E-state index in [1.165, 1.54) is 6.19 Å². The largest absolute Gasteiger partial charge is 0.481 e. The monoisotopic (exact) mass is 194 g/mol. The Kier molecular flexibility index (Phi) is 3.24. The first-order chi connectivity index (χ1) is 6.66. The van der Waals surface area contributed by atoms with Crippen molar-refractivity contribution >= 4 is 11.9 Å². The normalized spacial score (nSPS) is 25.1. The number of hydrogen-bond acceptors (Lipinski definition) is 3. The van der Waals surface area contributed by atoms with Crippen molar-refractivity contribution in [3.63, 3.8) is 0 Å². The van der Waals surface area contributed by atoms with Crippen LogP contribution in [-0.2, 0) is 9.59 Å². The quantitative estimate of drug-likeness (QED) is 0.374. The van der Waals surface area contributed by atoms with E-state index in [2.05, 4.69) is 0 Å². The van der Waals surface area contributed by atoms with E-state index in [0.717, 1.165) is 0 Å². The van der Waals surface area contributed by atoms with Gasteiger partial charge in [-0.15, -0.1) is 0 Å². The van der Waals surface area contributed by atoms with E-state index in [1.54, 1.807) is 12.2 Å². The second-order valence-corrected chi connectivity index (χ2v) is 3.10. The Bertz CT molecular complexity index is 317. The summed E-state index contributed by atoms with van der Waals surface area (Å²) in [5.74, 6) is -2.85. The molecule has 0 bridgehead atoms. The summed E-state index contributed by atoms with van der Waals surface area (Å²) in [7, 11) is 0. The van der Waals surface area contributed by atoms with E-state index < -0.39 is 23.7 Å². The van der Waals surface area contributed by atoms with E-state index in [4.69, 9.17) is 10.4 Å². The van der Waals surface area contributed by atoms with Crippen molar-refractivity contribution < 1.29 is 14.7 Å². The summed E-state index contributed by atoms with van der Waals surface area (Å²) in [6, 6.07) is 0. The maximum absolute atomic E-state index is 11.3. The van der Waals surface area contributed by atoms with Crippen molar-refractivity contribution in [2.45, 2.75) is 12.8 Å². The molecule has 74 valence electrons. The van der Waals surface area contributed by atoms with Crippen molar-refractivity contribution in [2.75, 3.05) is 0 Å². The minimum atomic E-state index is -0.993. The fraction of sp³-hybridized carbons (Fsp3) is 0.444. The molecule has 1 aliphatic rings. The Hall–Kier alpha value is -1.83. The molecule has 0 fully saturated rings. The summed E-state index contributed by atoms with van der Waals surface area (Å²) < 4.78 is 0. The molecule has 0 unspecified atom stereocenters. The topological polar surface area (TPSA) is 90.2 Å². The Morgan fingerprint density at radius 2 is 1.93 bits per heavy atom.